The number of hydrogen-bond acceptors (Lipinski definition) is 20. The Labute approximate surface area is 531 Å². The standard InChI is InChI=1S/C55H93N21O16/c1-29(44(81)67-28-42(78)68-30(2)45(82)70-35(11-4-6-22-57)50(87)75-39(27-41(58)77)52(89)76-40(53(90)91)26-31-15-17-32(92-63)18-16-31)69-47(84)34(10-3-5-21-56)72-48(85)37(14-9-25-66-55(61)62)73-51(88)38(19-20-43(79)80)74-49(86)36(13-8-24-65-54(59)60)71-46(83)33-12-7-23-64-33/h15-18,29-30,33-40,64H,3-14,19-28,56-57,63H2,1-2H3,(H2,58,77)(H,67,81)(H,68,78)(H,69,84)(H,70,82)(H,71,83)(H,72,85)(H,73,88)(H,74,86)(H,75,87)(H,76,89)(H,79,80)(H,90,91)(H4,59,60,65)(H4,61,62,66)/t29-,30-,33-,34-,35-,36-,37-,38-,39-,40-/m0/s1. The van der Waals surface area contributed by atoms with Crippen LogP contribution in [0.1, 0.15) is 116 Å². The smallest absolute Gasteiger partial charge is 0.326 e. The van der Waals surface area contributed by atoms with Crippen LogP contribution in [0.5, 0.6) is 5.75 Å². The fraction of sp³-hybridized carbons (Fsp3) is 0.618. The van der Waals surface area contributed by atoms with Crippen LogP contribution in [0.2, 0.25) is 0 Å². The molecule has 29 N–H and O–H groups in total. The van der Waals surface area contributed by atoms with Gasteiger partial charge in [-0.05, 0) is 135 Å². The Morgan fingerprint density at radius 3 is 1.42 bits per heavy atom. The van der Waals surface area contributed by atoms with E-state index in [9.17, 15) is 72.5 Å². The van der Waals surface area contributed by atoms with Gasteiger partial charge in [-0.2, -0.15) is 5.90 Å². The first kappa shape index (κ1) is 78.6. The molecule has 0 aliphatic carbocycles. The van der Waals surface area contributed by atoms with Crippen molar-refractivity contribution in [1.29, 1.82) is 0 Å². The molecule has 1 fully saturated rings. The lowest BCUT2D eigenvalue weighted by Gasteiger charge is -2.27. The second kappa shape index (κ2) is 42.5. The summed E-state index contributed by atoms with van der Waals surface area (Å²) >= 11 is 0. The van der Waals surface area contributed by atoms with E-state index in [1.807, 2.05) is 0 Å². The molecule has 92 heavy (non-hydrogen) atoms. The van der Waals surface area contributed by atoms with Crippen molar-refractivity contribution < 1.29 is 77.4 Å². The van der Waals surface area contributed by atoms with E-state index in [0.29, 0.717) is 37.8 Å². The van der Waals surface area contributed by atoms with Crippen molar-refractivity contribution >= 4 is 88.8 Å². The van der Waals surface area contributed by atoms with Crippen molar-refractivity contribution in [2.24, 2.45) is 56.0 Å². The summed E-state index contributed by atoms with van der Waals surface area (Å²) in [6.07, 6.45) is 0.457. The van der Waals surface area contributed by atoms with Gasteiger partial charge in [0.15, 0.2) is 11.9 Å². The maximum atomic E-state index is 14.2. The number of aliphatic imine (C=N–C) groups is 2. The summed E-state index contributed by atoms with van der Waals surface area (Å²) in [6.45, 7) is 2.80. The van der Waals surface area contributed by atoms with Gasteiger partial charge in [0.2, 0.25) is 65.0 Å². The third-order valence-corrected chi connectivity index (χ3v) is 14.1. The number of carboxylic acid groups (broad SMARTS) is 2. The van der Waals surface area contributed by atoms with E-state index in [1.165, 1.54) is 38.1 Å². The van der Waals surface area contributed by atoms with Gasteiger partial charge in [0.1, 0.15) is 60.1 Å². The molecule has 1 heterocycles. The number of hydrogen-bond donors (Lipinski definition) is 21. The van der Waals surface area contributed by atoms with E-state index in [-0.39, 0.29) is 102 Å². The summed E-state index contributed by atoms with van der Waals surface area (Å²) in [5.41, 5.74) is 39.1. The number of amides is 11. The quantitative estimate of drug-likeness (QED) is 0.0125. The van der Waals surface area contributed by atoms with Gasteiger partial charge in [-0.3, -0.25) is 67.5 Å². The third kappa shape index (κ3) is 31.3. The number of rotatable bonds is 45. The first-order valence-electron chi connectivity index (χ1n) is 30.0. The number of aliphatic carboxylic acids is 2. The van der Waals surface area contributed by atoms with Gasteiger partial charge in [0.05, 0.1) is 19.0 Å². The Balaban J connectivity index is 2.23. The third-order valence-electron chi connectivity index (χ3n) is 14.1. The molecule has 0 unspecified atom stereocenters. The fourth-order valence-electron chi connectivity index (χ4n) is 9.05. The Bertz CT molecular complexity index is 2710. The minimum atomic E-state index is -1.70. The van der Waals surface area contributed by atoms with Crippen LogP contribution in [0.3, 0.4) is 0 Å². The normalized spacial score (nSPS) is 15.4. The fourth-order valence-corrected chi connectivity index (χ4v) is 9.05. The van der Waals surface area contributed by atoms with Gasteiger partial charge in [-0.1, -0.05) is 12.1 Å². The van der Waals surface area contributed by atoms with Crippen molar-refractivity contribution in [3.63, 3.8) is 0 Å². The van der Waals surface area contributed by atoms with E-state index in [2.05, 4.69) is 73.3 Å². The topological polar surface area (TPSA) is 637 Å². The molecule has 1 aliphatic rings. The van der Waals surface area contributed by atoms with Crippen LogP contribution in [0.25, 0.3) is 0 Å². The highest BCUT2D eigenvalue weighted by molar-refractivity contribution is 5.99. The first-order valence-corrected chi connectivity index (χ1v) is 30.0. The van der Waals surface area contributed by atoms with E-state index in [0.717, 1.165) is 0 Å². The zero-order valence-electron chi connectivity index (χ0n) is 51.8. The molecule has 1 aliphatic heterocycles. The van der Waals surface area contributed by atoms with Crippen LogP contribution in [-0.4, -0.2) is 199 Å². The van der Waals surface area contributed by atoms with Crippen molar-refractivity contribution in [2.75, 3.05) is 39.3 Å². The molecular weight excluding hydrogens is 1210 g/mol. The predicted octanol–water partition coefficient (Wildman–Crippen LogP) is -8.06. The molecule has 37 nitrogen and oxygen atoms in total. The summed E-state index contributed by atoms with van der Waals surface area (Å²) in [5.74, 6) is -7.81. The van der Waals surface area contributed by atoms with Gasteiger partial charge in [-0.15, -0.1) is 0 Å². The van der Waals surface area contributed by atoms with Crippen molar-refractivity contribution in [3.05, 3.63) is 29.8 Å². The monoisotopic (exact) mass is 1300 g/mol. The number of carboxylic acids is 2. The van der Waals surface area contributed by atoms with E-state index in [4.69, 9.17) is 46.0 Å². The molecule has 1 aromatic carbocycles. The Morgan fingerprint density at radius 2 is 0.978 bits per heavy atom. The van der Waals surface area contributed by atoms with Gasteiger partial charge in [0.25, 0.3) is 0 Å². The van der Waals surface area contributed by atoms with Gasteiger partial charge in [0, 0.05) is 25.9 Å². The maximum absolute atomic E-state index is 14.2. The number of benzene rings is 1. The Kier molecular flexibility index (Phi) is 36.3. The molecule has 0 bridgehead atoms. The number of carbonyl (C=O) groups excluding carboxylic acids is 11. The highest BCUT2D eigenvalue weighted by atomic mass is 16.6. The molecule has 514 valence electrons. The SMILES string of the molecule is C[C@H](NC(=O)CNC(=O)[C@H](C)NC(=O)[C@H](CCCCN)NC(=O)[C@H](CCCN=C(N)N)NC(=O)[C@H](CCC(=O)O)NC(=O)[C@H](CCCN=C(N)N)NC(=O)[C@@H]1CCCN1)C(=O)N[C@@H](CCCCN)C(=O)N[C@@H](CC(N)=O)C(=O)N[C@@H](Cc1ccc(ON)cc1)C(=O)O. The van der Waals surface area contributed by atoms with E-state index in [1.54, 1.807) is 0 Å². The van der Waals surface area contributed by atoms with Gasteiger partial charge in [-0.25, -0.2) is 4.79 Å². The van der Waals surface area contributed by atoms with Crippen molar-refractivity contribution in [1.82, 2.24) is 58.5 Å². The molecule has 0 aromatic heterocycles. The maximum Gasteiger partial charge on any atom is 0.326 e. The van der Waals surface area contributed by atoms with Crippen LogP contribution in [0, 0.1) is 0 Å². The average Bonchev–Trinajstić information content (AvgIpc) is 2.50. The number of carbonyl (C=O) groups is 13. The lowest BCUT2D eigenvalue weighted by molar-refractivity contribution is -0.142. The summed E-state index contributed by atoms with van der Waals surface area (Å²) in [4.78, 5) is 185. The average molecular weight is 1300 g/mol. The highest BCUT2D eigenvalue weighted by Crippen LogP contribution is 2.14. The van der Waals surface area contributed by atoms with Gasteiger partial charge < -0.3 is 114 Å². The number of nitrogens with two attached hydrogens (primary N) is 8. The van der Waals surface area contributed by atoms with Crippen LogP contribution in [-0.2, 0) is 68.7 Å². The highest BCUT2D eigenvalue weighted by Gasteiger charge is 2.35. The predicted molar refractivity (Wildman–Crippen MR) is 332 cm³/mol. The number of nitrogens with one attached hydrogen (secondary N) is 11. The van der Waals surface area contributed by atoms with Crippen LogP contribution >= 0.6 is 0 Å². The molecule has 1 aromatic rings. The summed E-state index contributed by atoms with van der Waals surface area (Å²) in [5, 5.41) is 47.1. The number of primary amides is 1. The Morgan fingerprint density at radius 1 is 0.543 bits per heavy atom. The summed E-state index contributed by atoms with van der Waals surface area (Å²) < 4.78 is 0. The molecule has 37 heteroatoms. The van der Waals surface area contributed by atoms with E-state index < -0.39 is 163 Å². The van der Waals surface area contributed by atoms with Gasteiger partial charge >= 0.3 is 11.9 Å². The molecule has 10 atom stereocenters. The zero-order chi connectivity index (χ0) is 68.9. The lowest BCUT2D eigenvalue weighted by atomic mass is 10.0. The number of guanidine groups is 2. The lowest BCUT2D eigenvalue weighted by Crippen LogP contribution is -2.59. The first-order chi connectivity index (χ1) is 43.6. The van der Waals surface area contributed by atoms with Crippen molar-refractivity contribution in [2.45, 2.75) is 177 Å². The van der Waals surface area contributed by atoms with Crippen LogP contribution in [0.15, 0.2) is 34.3 Å². The van der Waals surface area contributed by atoms with Crippen LogP contribution in [0.4, 0.5) is 0 Å². The molecule has 1 saturated heterocycles. The van der Waals surface area contributed by atoms with E-state index >= 15 is 0 Å². The Hall–Kier alpha value is -9.49. The second-order valence-electron chi connectivity index (χ2n) is 21.7. The molecule has 2 rings (SSSR count). The number of nitrogens with zero attached hydrogens (tertiary/aromatic N) is 2. The summed E-state index contributed by atoms with van der Waals surface area (Å²) in [7, 11) is 0. The molecule has 11 amide bonds. The summed E-state index contributed by atoms with van der Waals surface area (Å²) in [6, 6.07) is -7.72. The zero-order valence-corrected chi connectivity index (χ0v) is 51.8. The van der Waals surface area contributed by atoms with Crippen molar-refractivity contribution in [3.8, 4) is 5.75 Å². The van der Waals surface area contributed by atoms with Crippen LogP contribution < -0.4 is 109 Å². The molecular formula is C55H93N21O16. The molecule has 0 saturated carbocycles. The second-order valence-corrected chi connectivity index (χ2v) is 21.7. The minimum absolute atomic E-state index is 0.000627. The molecule has 0 spiro atoms. The number of unbranched alkanes of at least 4 members (excludes halogenated alkanes) is 2. The minimum Gasteiger partial charge on any atom is -0.481 e. The largest absolute Gasteiger partial charge is 0.481 e. The molecule has 0 radical (unpaired) electrons.